The summed E-state index contributed by atoms with van der Waals surface area (Å²) in [6.45, 7) is 9.15. The van der Waals surface area contributed by atoms with Gasteiger partial charge in [0, 0.05) is 5.69 Å². The third kappa shape index (κ3) is 6.61. The first-order chi connectivity index (χ1) is 9.81. The van der Waals surface area contributed by atoms with Crippen LogP contribution in [0.2, 0.25) is 0 Å². The number of nitrogens with one attached hydrogen (secondary N) is 1. The highest BCUT2D eigenvalue weighted by Crippen LogP contribution is 2.14. The van der Waals surface area contributed by atoms with E-state index in [-0.39, 0.29) is 25.1 Å². The number of carbonyl (C=O) groups is 2. The Bertz CT molecular complexity index is 500. The van der Waals surface area contributed by atoms with E-state index in [9.17, 15) is 9.59 Å². The molecule has 1 rings (SSSR count). The van der Waals surface area contributed by atoms with Gasteiger partial charge in [0.25, 0.3) is 0 Å². The molecule has 0 saturated heterocycles. The van der Waals surface area contributed by atoms with E-state index in [2.05, 4.69) is 11.9 Å². The second kappa shape index (κ2) is 7.47. The molecule has 5 nitrogen and oxygen atoms in total. The summed E-state index contributed by atoms with van der Waals surface area (Å²) in [4.78, 5) is 23.1. The molecule has 114 valence electrons. The molecule has 0 radical (unpaired) electrons. The molecule has 0 amide bonds. The Balaban J connectivity index is 2.52. The third-order valence-electron chi connectivity index (χ3n) is 2.32. The third-order valence-corrected chi connectivity index (χ3v) is 2.32. The van der Waals surface area contributed by atoms with Gasteiger partial charge in [-0.1, -0.05) is 12.7 Å². The van der Waals surface area contributed by atoms with Gasteiger partial charge >= 0.3 is 11.9 Å². The number of carbonyl (C=O) groups excluding carboxylic acids is 2. The van der Waals surface area contributed by atoms with Gasteiger partial charge in [0.05, 0.1) is 5.56 Å². The van der Waals surface area contributed by atoms with Gasteiger partial charge in [-0.3, -0.25) is 4.79 Å². The fourth-order valence-corrected chi connectivity index (χ4v) is 1.44. The highest BCUT2D eigenvalue weighted by molar-refractivity contribution is 5.90. The van der Waals surface area contributed by atoms with Crippen LogP contribution in [0, 0.1) is 0 Å². The second-order valence-corrected chi connectivity index (χ2v) is 5.40. The number of ether oxygens (including phenoxy) is 2. The van der Waals surface area contributed by atoms with Gasteiger partial charge in [-0.2, -0.15) is 0 Å². The van der Waals surface area contributed by atoms with E-state index in [0.717, 1.165) is 5.69 Å². The standard InChI is InChI=1S/C16H21NO4/c1-5-10-20-14(18)11-17-13-8-6-12(7-9-13)15(19)21-16(2,3)4/h5-9,17H,1,10-11H2,2-4H3. The monoisotopic (exact) mass is 291 g/mol. The van der Waals surface area contributed by atoms with Crippen molar-refractivity contribution in [1.82, 2.24) is 0 Å². The Morgan fingerprint density at radius 2 is 1.86 bits per heavy atom. The fourth-order valence-electron chi connectivity index (χ4n) is 1.44. The van der Waals surface area contributed by atoms with Gasteiger partial charge in [0.1, 0.15) is 18.8 Å². The number of hydrogen-bond acceptors (Lipinski definition) is 5. The Labute approximate surface area is 124 Å². The van der Waals surface area contributed by atoms with Crippen LogP contribution in [0.25, 0.3) is 0 Å². The molecular weight excluding hydrogens is 270 g/mol. The van der Waals surface area contributed by atoms with Crippen LogP contribution >= 0.6 is 0 Å². The zero-order valence-electron chi connectivity index (χ0n) is 12.6. The zero-order chi connectivity index (χ0) is 15.9. The van der Waals surface area contributed by atoms with Crippen molar-refractivity contribution >= 4 is 17.6 Å². The van der Waals surface area contributed by atoms with Gasteiger partial charge < -0.3 is 14.8 Å². The van der Waals surface area contributed by atoms with Gasteiger partial charge in [0.15, 0.2) is 0 Å². The first-order valence-corrected chi connectivity index (χ1v) is 6.65. The minimum atomic E-state index is -0.525. The van der Waals surface area contributed by atoms with Gasteiger partial charge in [-0.15, -0.1) is 0 Å². The predicted octanol–water partition coefficient (Wildman–Crippen LogP) is 2.78. The summed E-state index contributed by atoms with van der Waals surface area (Å²) in [6.07, 6.45) is 1.51. The number of benzene rings is 1. The molecule has 1 aromatic carbocycles. The Hall–Kier alpha value is -2.30. The summed E-state index contributed by atoms with van der Waals surface area (Å²) in [5.41, 5.74) is 0.658. The predicted molar refractivity (Wildman–Crippen MR) is 81.3 cm³/mol. The molecule has 21 heavy (non-hydrogen) atoms. The van der Waals surface area contributed by atoms with Gasteiger partial charge in [0.2, 0.25) is 0 Å². The summed E-state index contributed by atoms with van der Waals surface area (Å²) < 4.78 is 10.1. The van der Waals surface area contributed by atoms with E-state index < -0.39 is 5.60 Å². The van der Waals surface area contributed by atoms with E-state index >= 15 is 0 Å². The molecule has 0 heterocycles. The van der Waals surface area contributed by atoms with Crippen molar-refractivity contribution < 1.29 is 19.1 Å². The average Bonchev–Trinajstić information content (AvgIpc) is 2.41. The lowest BCUT2D eigenvalue weighted by molar-refractivity contribution is -0.140. The van der Waals surface area contributed by atoms with Crippen LogP contribution < -0.4 is 5.32 Å². The van der Waals surface area contributed by atoms with Crippen LogP contribution in [0.5, 0.6) is 0 Å². The van der Waals surface area contributed by atoms with E-state index in [1.165, 1.54) is 6.08 Å². The van der Waals surface area contributed by atoms with E-state index in [1.54, 1.807) is 24.3 Å². The van der Waals surface area contributed by atoms with E-state index in [1.807, 2.05) is 20.8 Å². The molecule has 1 N–H and O–H groups in total. The van der Waals surface area contributed by atoms with Gasteiger partial charge in [-0.25, -0.2) is 4.79 Å². The fraction of sp³-hybridized carbons (Fsp3) is 0.375. The van der Waals surface area contributed by atoms with Crippen molar-refractivity contribution in [3.8, 4) is 0 Å². The SMILES string of the molecule is C=CCOC(=O)CNc1ccc(C(=O)OC(C)(C)C)cc1. The van der Waals surface area contributed by atoms with Crippen LogP contribution in [-0.2, 0) is 14.3 Å². The lowest BCUT2D eigenvalue weighted by Crippen LogP contribution is -2.23. The molecule has 1 aromatic rings. The first kappa shape index (κ1) is 16.8. The number of esters is 2. The van der Waals surface area contributed by atoms with Crippen LogP contribution in [0.15, 0.2) is 36.9 Å². The Kier molecular flexibility index (Phi) is 5.96. The maximum atomic E-state index is 11.8. The van der Waals surface area contributed by atoms with Gasteiger partial charge in [-0.05, 0) is 45.0 Å². The first-order valence-electron chi connectivity index (χ1n) is 6.65. The molecule has 0 atom stereocenters. The lowest BCUT2D eigenvalue weighted by atomic mass is 10.1. The molecule has 0 saturated carbocycles. The minimum absolute atomic E-state index is 0.0552. The summed E-state index contributed by atoms with van der Waals surface area (Å²) >= 11 is 0. The summed E-state index contributed by atoms with van der Waals surface area (Å²) in [6, 6.07) is 6.71. The van der Waals surface area contributed by atoms with Crippen LogP contribution in [-0.4, -0.2) is 30.7 Å². The minimum Gasteiger partial charge on any atom is -0.460 e. The number of anilines is 1. The Morgan fingerprint density at radius 1 is 1.24 bits per heavy atom. The molecule has 0 aliphatic carbocycles. The topological polar surface area (TPSA) is 64.6 Å². The second-order valence-electron chi connectivity index (χ2n) is 5.40. The maximum absolute atomic E-state index is 11.8. The van der Waals surface area contributed by atoms with Crippen molar-refractivity contribution in [2.45, 2.75) is 26.4 Å². The Morgan fingerprint density at radius 3 is 2.38 bits per heavy atom. The highest BCUT2D eigenvalue weighted by Gasteiger charge is 2.17. The van der Waals surface area contributed by atoms with E-state index in [0.29, 0.717) is 5.56 Å². The number of rotatable bonds is 6. The smallest absolute Gasteiger partial charge is 0.338 e. The summed E-state index contributed by atoms with van der Waals surface area (Å²) in [7, 11) is 0. The maximum Gasteiger partial charge on any atom is 0.338 e. The molecule has 0 fully saturated rings. The van der Waals surface area contributed by atoms with Crippen LogP contribution in [0.4, 0.5) is 5.69 Å². The molecule has 0 aliphatic rings. The summed E-state index contributed by atoms with van der Waals surface area (Å²) in [5.74, 6) is -0.745. The molecule has 0 aromatic heterocycles. The molecule has 0 bridgehead atoms. The lowest BCUT2D eigenvalue weighted by Gasteiger charge is -2.19. The molecule has 0 aliphatic heterocycles. The molecular formula is C16H21NO4. The average molecular weight is 291 g/mol. The molecule has 0 spiro atoms. The molecule has 0 unspecified atom stereocenters. The molecule has 5 heteroatoms. The quantitative estimate of drug-likeness (QED) is 0.645. The van der Waals surface area contributed by atoms with Crippen molar-refractivity contribution in [2.75, 3.05) is 18.5 Å². The number of hydrogen-bond donors (Lipinski definition) is 1. The summed E-state index contributed by atoms with van der Waals surface area (Å²) in [5, 5.41) is 2.91. The van der Waals surface area contributed by atoms with Crippen LogP contribution in [0.3, 0.4) is 0 Å². The largest absolute Gasteiger partial charge is 0.460 e. The highest BCUT2D eigenvalue weighted by atomic mass is 16.6. The van der Waals surface area contributed by atoms with Crippen molar-refractivity contribution in [3.05, 3.63) is 42.5 Å². The zero-order valence-corrected chi connectivity index (χ0v) is 12.6. The van der Waals surface area contributed by atoms with Crippen LogP contribution in [0.1, 0.15) is 31.1 Å². The van der Waals surface area contributed by atoms with E-state index in [4.69, 9.17) is 9.47 Å². The van der Waals surface area contributed by atoms with Crippen molar-refractivity contribution in [2.24, 2.45) is 0 Å². The van der Waals surface area contributed by atoms with Crippen molar-refractivity contribution in [1.29, 1.82) is 0 Å². The normalized spacial score (nSPS) is 10.6. The van der Waals surface area contributed by atoms with Crippen molar-refractivity contribution in [3.63, 3.8) is 0 Å².